The maximum Gasteiger partial charge on any atom is 0.276 e. The highest BCUT2D eigenvalue weighted by Crippen LogP contribution is 2.54. The summed E-state index contributed by atoms with van der Waals surface area (Å²) in [5.41, 5.74) is -0.310. The van der Waals surface area contributed by atoms with Crippen LogP contribution in [-0.2, 0) is 10.2 Å². The molecule has 0 saturated carbocycles. The molecule has 5 heteroatoms. The van der Waals surface area contributed by atoms with Crippen LogP contribution in [0.2, 0.25) is 0 Å². The van der Waals surface area contributed by atoms with E-state index in [9.17, 15) is 9.90 Å². The Balaban J connectivity index is 2.26. The Morgan fingerprint density at radius 1 is 1.37 bits per heavy atom. The number of methoxy groups -OCH3 is 1. The van der Waals surface area contributed by atoms with Gasteiger partial charge in [-0.05, 0) is 30.7 Å². The zero-order valence-electron chi connectivity index (χ0n) is 11.6. The molecule has 1 aromatic carbocycles. The van der Waals surface area contributed by atoms with Crippen LogP contribution >= 0.6 is 0 Å². The Kier molecular flexibility index (Phi) is 2.21. The standard InChI is InChI=1S/C14H18N2O3/c1-13-8-15(2)12(17)14(13,18)16(3)11-6-5-9(19-4)7-10(11)13/h5-7,18H,8H2,1-4H3/t13-,14+/m0/s1. The number of hydrogen-bond donors (Lipinski definition) is 1. The minimum absolute atomic E-state index is 0.257. The van der Waals surface area contributed by atoms with Crippen LogP contribution < -0.4 is 9.64 Å². The number of carbonyl (C=O) groups excluding carboxylic acids is 1. The Labute approximate surface area is 112 Å². The molecule has 2 atom stereocenters. The number of likely N-dealkylation sites (N-methyl/N-ethyl adjacent to an activating group) is 2. The van der Waals surface area contributed by atoms with E-state index in [1.54, 1.807) is 31.0 Å². The number of rotatable bonds is 1. The van der Waals surface area contributed by atoms with Crippen LogP contribution in [0.4, 0.5) is 5.69 Å². The summed E-state index contributed by atoms with van der Waals surface area (Å²) in [7, 11) is 5.09. The molecule has 1 aromatic rings. The van der Waals surface area contributed by atoms with E-state index in [1.807, 2.05) is 25.1 Å². The number of anilines is 1. The smallest absolute Gasteiger partial charge is 0.276 e. The largest absolute Gasteiger partial charge is 0.497 e. The number of fused-ring (bicyclic) bond motifs is 3. The summed E-state index contributed by atoms with van der Waals surface area (Å²) in [6.45, 7) is 2.42. The minimum atomic E-state index is -1.50. The van der Waals surface area contributed by atoms with Crippen LogP contribution in [-0.4, -0.2) is 49.4 Å². The fourth-order valence-corrected chi connectivity index (χ4v) is 3.50. The number of benzene rings is 1. The van der Waals surface area contributed by atoms with E-state index in [1.165, 1.54) is 0 Å². The van der Waals surface area contributed by atoms with Gasteiger partial charge < -0.3 is 19.6 Å². The second-order valence-electron chi connectivity index (χ2n) is 5.61. The number of amides is 1. The van der Waals surface area contributed by atoms with E-state index in [0.717, 1.165) is 17.0 Å². The lowest BCUT2D eigenvalue weighted by atomic mass is 9.78. The highest BCUT2D eigenvalue weighted by atomic mass is 16.5. The zero-order chi connectivity index (χ0) is 14.0. The van der Waals surface area contributed by atoms with Gasteiger partial charge in [-0.15, -0.1) is 0 Å². The molecule has 0 radical (unpaired) electrons. The molecule has 2 aliphatic heterocycles. The Bertz CT molecular complexity index is 574. The predicted octanol–water partition coefficient (Wildman–Crippen LogP) is 0.563. The summed E-state index contributed by atoms with van der Waals surface area (Å²) < 4.78 is 5.26. The first-order valence-electron chi connectivity index (χ1n) is 6.26. The maximum absolute atomic E-state index is 12.4. The molecule has 5 nitrogen and oxygen atoms in total. The van der Waals surface area contributed by atoms with E-state index < -0.39 is 11.1 Å². The molecule has 1 saturated heterocycles. The second kappa shape index (κ2) is 3.42. The number of carbonyl (C=O) groups is 1. The van der Waals surface area contributed by atoms with E-state index in [0.29, 0.717) is 6.54 Å². The third kappa shape index (κ3) is 1.16. The monoisotopic (exact) mass is 262 g/mol. The van der Waals surface area contributed by atoms with Crippen LogP contribution in [0.25, 0.3) is 0 Å². The summed E-state index contributed by atoms with van der Waals surface area (Å²) >= 11 is 0. The molecule has 19 heavy (non-hydrogen) atoms. The molecule has 0 spiro atoms. The van der Waals surface area contributed by atoms with Crippen molar-refractivity contribution in [1.82, 2.24) is 4.90 Å². The average Bonchev–Trinajstić information content (AvgIpc) is 2.69. The third-order valence-electron chi connectivity index (χ3n) is 4.61. The van der Waals surface area contributed by atoms with Crippen molar-refractivity contribution in [3.05, 3.63) is 23.8 Å². The van der Waals surface area contributed by atoms with Gasteiger partial charge in [0, 0.05) is 26.3 Å². The quantitative estimate of drug-likeness (QED) is 0.803. The molecule has 0 aliphatic carbocycles. The third-order valence-corrected chi connectivity index (χ3v) is 4.61. The van der Waals surface area contributed by atoms with Crippen molar-refractivity contribution < 1.29 is 14.6 Å². The van der Waals surface area contributed by atoms with Crippen LogP contribution in [0.15, 0.2) is 18.2 Å². The molecule has 1 amide bonds. The van der Waals surface area contributed by atoms with Crippen LogP contribution in [0.3, 0.4) is 0 Å². The Morgan fingerprint density at radius 3 is 2.68 bits per heavy atom. The molecule has 0 aromatic heterocycles. The van der Waals surface area contributed by atoms with E-state index in [2.05, 4.69) is 0 Å². The molecule has 2 aliphatic rings. The Morgan fingerprint density at radius 2 is 2.05 bits per heavy atom. The normalized spacial score (nSPS) is 32.6. The average molecular weight is 262 g/mol. The van der Waals surface area contributed by atoms with Gasteiger partial charge in [-0.3, -0.25) is 4.79 Å². The topological polar surface area (TPSA) is 53.0 Å². The zero-order valence-corrected chi connectivity index (χ0v) is 11.6. The van der Waals surface area contributed by atoms with Crippen molar-refractivity contribution in [2.75, 3.05) is 32.6 Å². The van der Waals surface area contributed by atoms with Crippen molar-refractivity contribution in [1.29, 1.82) is 0 Å². The van der Waals surface area contributed by atoms with E-state index >= 15 is 0 Å². The van der Waals surface area contributed by atoms with Gasteiger partial charge in [0.25, 0.3) is 5.91 Å². The minimum Gasteiger partial charge on any atom is -0.497 e. The highest BCUT2D eigenvalue weighted by Gasteiger charge is 2.68. The number of hydrogen-bond acceptors (Lipinski definition) is 4. The molecular formula is C14H18N2O3. The van der Waals surface area contributed by atoms with Crippen LogP contribution in [0, 0.1) is 0 Å². The molecule has 1 N–H and O–H groups in total. The van der Waals surface area contributed by atoms with Crippen molar-refractivity contribution in [3.8, 4) is 5.75 Å². The summed E-state index contributed by atoms with van der Waals surface area (Å²) in [5, 5.41) is 11.0. The second-order valence-corrected chi connectivity index (χ2v) is 5.61. The Hall–Kier alpha value is -1.75. The molecule has 1 fully saturated rings. The highest BCUT2D eigenvalue weighted by molar-refractivity contribution is 5.96. The van der Waals surface area contributed by atoms with Gasteiger partial charge in [0.2, 0.25) is 5.72 Å². The molecule has 0 unspecified atom stereocenters. The van der Waals surface area contributed by atoms with Crippen molar-refractivity contribution in [2.24, 2.45) is 0 Å². The summed E-state index contributed by atoms with van der Waals surface area (Å²) in [4.78, 5) is 15.6. The summed E-state index contributed by atoms with van der Waals surface area (Å²) in [6, 6.07) is 5.65. The number of aliphatic hydroxyl groups is 1. The number of likely N-dealkylation sites (tertiary alicyclic amines) is 1. The molecular weight excluding hydrogens is 244 g/mol. The fourth-order valence-electron chi connectivity index (χ4n) is 3.50. The molecule has 102 valence electrons. The van der Waals surface area contributed by atoms with Crippen molar-refractivity contribution in [3.63, 3.8) is 0 Å². The lowest BCUT2D eigenvalue weighted by Crippen LogP contribution is -2.58. The summed E-state index contributed by atoms with van der Waals surface area (Å²) in [6.07, 6.45) is 0. The molecule has 0 bridgehead atoms. The van der Waals surface area contributed by atoms with Crippen LogP contribution in [0.1, 0.15) is 12.5 Å². The molecule has 2 heterocycles. The van der Waals surface area contributed by atoms with Gasteiger partial charge in [-0.2, -0.15) is 0 Å². The lowest BCUT2D eigenvalue weighted by Gasteiger charge is -2.34. The van der Waals surface area contributed by atoms with Crippen LogP contribution in [0.5, 0.6) is 5.75 Å². The first-order chi connectivity index (χ1) is 8.86. The first-order valence-corrected chi connectivity index (χ1v) is 6.26. The van der Waals surface area contributed by atoms with Gasteiger partial charge in [0.05, 0.1) is 12.5 Å². The van der Waals surface area contributed by atoms with Gasteiger partial charge in [-0.25, -0.2) is 0 Å². The SMILES string of the molecule is COc1ccc2c(c1)[C@]1(C)CN(C)C(=O)[C@]1(O)N2C. The molecule has 3 rings (SSSR count). The van der Waals surface area contributed by atoms with Gasteiger partial charge >= 0.3 is 0 Å². The summed E-state index contributed by atoms with van der Waals surface area (Å²) in [5.74, 6) is 0.479. The number of nitrogens with zero attached hydrogens (tertiary/aromatic N) is 2. The van der Waals surface area contributed by atoms with Gasteiger partial charge in [0.1, 0.15) is 5.75 Å². The number of ether oxygens (including phenoxy) is 1. The lowest BCUT2D eigenvalue weighted by molar-refractivity contribution is -0.144. The van der Waals surface area contributed by atoms with Crippen molar-refractivity contribution in [2.45, 2.75) is 18.1 Å². The van der Waals surface area contributed by atoms with Crippen molar-refractivity contribution >= 4 is 11.6 Å². The maximum atomic E-state index is 12.4. The predicted molar refractivity (Wildman–Crippen MR) is 71.3 cm³/mol. The first kappa shape index (κ1) is 12.3. The van der Waals surface area contributed by atoms with E-state index in [-0.39, 0.29) is 5.91 Å². The van der Waals surface area contributed by atoms with Gasteiger partial charge in [0.15, 0.2) is 0 Å². The van der Waals surface area contributed by atoms with Gasteiger partial charge in [-0.1, -0.05) is 0 Å². The fraction of sp³-hybridized carbons (Fsp3) is 0.500. The van der Waals surface area contributed by atoms with E-state index in [4.69, 9.17) is 4.74 Å².